The Morgan fingerprint density at radius 1 is 0.756 bits per heavy atom. The average molecular weight is 681 g/mol. The molecule has 4 aromatic carbocycles. The van der Waals surface area contributed by atoms with E-state index in [9.17, 15) is 0 Å². The second-order valence-corrected chi connectivity index (χ2v) is 12.4. The molecule has 226 valence electrons. The predicted octanol–water partition coefficient (Wildman–Crippen LogP) is 9.64. The first-order valence-corrected chi connectivity index (χ1v) is 14.9. The molecule has 45 heavy (non-hydrogen) atoms. The van der Waals surface area contributed by atoms with Crippen LogP contribution in [0.5, 0.6) is 11.5 Å². The fourth-order valence-electron chi connectivity index (χ4n) is 5.96. The molecule has 3 heterocycles. The van der Waals surface area contributed by atoms with Crippen molar-refractivity contribution in [3.8, 4) is 34.1 Å². The summed E-state index contributed by atoms with van der Waals surface area (Å²) >= 11 is 0. The monoisotopic (exact) mass is 680 g/mol. The van der Waals surface area contributed by atoms with Crippen molar-refractivity contribution in [2.45, 2.75) is 47.0 Å². The van der Waals surface area contributed by atoms with Gasteiger partial charge in [0.05, 0.1) is 5.69 Å². The quantitative estimate of drug-likeness (QED) is 0.134. The molecule has 0 atom stereocenters. The minimum absolute atomic E-state index is 0. The number of hydrogen-bond donors (Lipinski definition) is 0. The van der Waals surface area contributed by atoms with Gasteiger partial charge in [-0.3, -0.25) is 4.68 Å². The van der Waals surface area contributed by atoms with E-state index >= 15 is 0 Å². The Labute approximate surface area is 278 Å². The number of aryl methyl sites for hydroxylation is 2. The summed E-state index contributed by atoms with van der Waals surface area (Å²) in [5.41, 5.74) is 9.33. The first-order valence-electron chi connectivity index (χ1n) is 14.9. The Morgan fingerprint density at radius 3 is 2.27 bits per heavy atom. The Bertz CT molecular complexity index is 2170. The number of fused-ring (bicyclic) bond motifs is 3. The number of pyridine rings is 1. The smallest absolute Gasteiger partial charge is 0.509 e. The zero-order chi connectivity index (χ0) is 30.6. The van der Waals surface area contributed by atoms with Crippen LogP contribution in [0.2, 0.25) is 0 Å². The van der Waals surface area contributed by atoms with Crippen molar-refractivity contribution >= 4 is 21.8 Å². The fourth-order valence-corrected chi connectivity index (χ4v) is 5.96. The molecule has 7 aromatic rings. The van der Waals surface area contributed by atoms with Crippen molar-refractivity contribution in [3.05, 3.63) is 132 Å². The summed E-state index contributed by atoms with van der Waals surface area (Å²) in [6, 6.07) is 38.3. The molecule has 5 nitrogen and oxygen atoms in total. The number of benzene rings is 4. The molecule has 0 aliphatic heterocycles. The third kappa shape index (κ3) is 5.61. The van der Waals surface area contributed by atoms with Crippen molar-refractivity contribution in [1.82, 2.24) is 19.3 Å². The van der Waals surface area contributed by atoms with Crippen LogP contribution >= 0.6 is 0 Å². The van der Waals surface area contributed by atoms with Crippen molar-refractivity contribution in [2.75, 3.05) is 0 Å². The van der Waals surface area contributed by atoms with Crippen LogP contribution in [0, 0.1) is 32.9 Å². The Balaban J connectivity index is 0.00000357. The van der Waals surface area contributed by atoms with E-state index in [1.54, 1.807) is 0 Å². The van der Waals surface area contributed by atoms with Crippen LogP contribution in [0.1, 0.15) is 43.3 Å². The van der Waals surface area contributed by atoms with Gasteiger partial charge in [-0.2, -0.15) is 11.2 Å². The first kappa shape index (κ1) is 30.5. The van der Waals surface area contributed by atoms with Crippen LogP contribution in [0.3, 0.4) is 0 Å². The van der Waals surface area contributed by atoms with Crippen molar-refractivity contribution < 1.29 is 25.2 Å². The van der Waals surface area contributed by atoms with Gasteiger partial charge in [0, 0.05) is 34.5 Å². The second-order valence-electron chi connectivity index (χ2n) is 12.4. The SMILES string of the molecule is Cc1ccnc(-n2c3[c-]c(Oc4[c-]c(-n5nc(C)c(-c6ccccc6)c5C)cc(C(C)(C)C)c4)ccc3c3ccccc32)c1.[Pd+2]. The topological polar surface area (TPSA) is 44.9 Å². The van der Waals surface area contributed by atoms with Gasteiger partial charge in [0.2, 0.25) is 0 Å². The zero-order valence-electron chi connectivity index (χ0n) is 26.3. The Morgan fingerprint density at radius 2 is 1.51 bits per heavy atom. The molecule has 0 aliphatic carbocycles. The van der Waals surface area contributed by atoms with Gasteiger partial charge < -0.3 is 9.30 Å². The summed E-state index contributed by atoms with van der Waals surface area (Å²) in [5, 5.41) is 7.20. The number of hydrogen-bond acceptors (Lipinski definition) is 3. The predicted molar refractivity (Wildman–Crippen MR) is 178 cm³/mol. The fraction of sp³-hybridized carbons (Fsp3) is 0.179. The van der Waals surface area contributed by atoms with E-state index < -0.39 is 0 Å². The summed E-state index contributed by atoms with van der Waals surface area (Å²) in [5.74, 6) is 2.08. The van der Waals surface area contributed by atoms with Crippen LogP contribution < -0.4 is 4.74 Å². The molecule has 0 saturated heterocycles. The molecular weight excluding hydrogens is 647 g/mol. The molecule has 0 bridgehead atoms. The number of nitrogens with zero attached hydrogens (tertiary/aromatic N) is 4. The van der Waals surface area contributed by atoms with Crippen molar-refractivity contribution in [2.24, 2.45) is 0 Å². The molecule has 3 aromatic heterocycles. The summed E-state index contributed by atoms with van der Waals surface area (Å²) in [6.45, 7) is 12.9. The van der Waals surface area contributed by atoms with Gasteiger partial charge in [0.25, 0.3) is 0 Å². The van der Waals surface area contributed by atoms with Gasteiger partial charge in [-0.25, -0.2) is 4.98 Å². The van der Waals surface area contributed by atoms with Crippen LogP contribution in [0.25, 0.3) is 44.4 Å². The third-order valence-electron chi connectivity index (χ3n) is 8.18. The van der Waals surface area contributed by atoms with Gasteiger partial charge >= 0.3 is 20.4 Å². The van der Waals surface area contributed by atoms with E-state index in [0.717, 1.165) is 67.0 Å². The van der Waals surface area contributed by atoms with Crippen molar-refractivity contribution in [1.29, 1.82) is 0 Å². The van der Waals surface area contributed by atoms with Crippen LogP contribution in [0.4, 0.5) is 0 Å². The standard InChI is InChI=1S/C39H34N4O.Pd/c1-25-18-19-40-37(20-25)42-35-15-11-10-14-33(35)34-17-16-31(24-36(34)42)44-32-22-29(39(4,5)6)21-30(23-32)43-27(3)38(26(2)41-43)28-12-8-7-9-13-28;/h7-22H,1-6H3;/q-2;+2. The average Bonchev–Trinajstić information content (AvgIpc) is 3.49. The molecule has 0 radical (unpaired) electrons. The zero-order valence-corrected chi connectivity index (χ0v) is 27.8. The molecule has 0 amide bonds. The maximum Gasteiger partial charge on any atom is 2.00 e. The molecule has 0 N–H and O–H groups in total. The molecule has 0 unspecified atom stereocenters. The van der Waals surface area contributed by atoms with Gasteiger partial charge in [0.1, 0.15) is 5.82 Å². The summed E-state index contributed by atoms with van der Waals surface area (Å²) in [6.07, 6.45) is 1.85. The normalized spacial score (nSPS) is 11.6. The maximum absolute atomic E-state index is 6.57. The largest absolute Gasteiger partial charge is 2.00 e. The molecule has 0 aliphatic rings. The molecule has 0 fully saturated rings. The Hall–Kier alpha value is -4.50. The number of aromatic nitrogens is 4. The number of ether oxygens (including phenoxy) is 1. The number of rotatable bonds is 5. The summed E-state index contributed by atoms with van der Waals surface area (Å²) in [7, 11) is 0. The third-order valence-corrected chi connectivity index (χ3v) is 8.18. The van der Waals surface area contributed by atoms with E-state index in [4.69, 9.17) is 14.8 Å². The molecular formula is C39H34N4OPd. The van der Waals surface area contributed by atoms with Crippen LogP contribution in [-0.2, 0) is 25.8 Å². The van der Waals surface area contributed by atoms with E-state index in [1.807, 2.05) is 29.1 Å². The van der Waals surface area contributed by atoms with Gasteiger partial charge in [-0.15, -0.1) is 41.3 Å². The maximum atomic E-state index is 6.57. The van der Waals surface area contributed by atoms with Crippen LogP contribution in [-0.4, -0.2) is 19.3 Å². The summed E-state index contributed by atoms with van der Waals surface area (Å²) < 4.78 is 10.7. The second kappa shape index (κ2) is 11.8. The Kier molecular flexibility index (Phi) is 7.99. The van der Waals surface area contributed by atoms with Gasteiger partial charge in [-0.1, -0.05) is 74.8 Å². The van der Waals surface area contributed by atoms with Crippen LogP contribution in [0.15, 0.2) is 97.2 Å². The van der Waals surface area contributed by atoms with E-state index in [2.05, 4.69) is 131 Å². The van der Waals surface area contributed by atoms with E-state index in [-0.39, 0.29) is 25.8 Å². The number of para-hydroxylation sites is 1. The minimum Gasteiger partial charge on any atom is -0.509 e. The molecule has 7 rings (SSSR count). The minimum atomic E-state index is -0.114. The first-order chi connectivity index (χ1) is 21.2. The van der Waals surface area contributed by atoms with Gasteiger partial charge in [-0.05, 0) is 66.6 Å². The van der Waals surface area contributed by atoms with E-state index in [1.165, 1.54) is 0 Å². The van der Waals surface area contributed by atoms with E-state index in [0.29, 0.717) is 11.5 Å². The molecule has 0 saturated carbocycles. The molecule has 0 spiro atoms. The summed E-state index contributed by atoms with van der Waals surface area (Å²) in [4.78, 5) is 4.71. The van der Waals surface area contributed by atoms with Crippen molar-refractivity contribution in [3.63, 3.8) is 0 Å². The van der Waals surface area contributed by atoms with Gasteiger partial charge in [0.15, 0.2) is 0 Å². The molecule has 6 heteroatoms.